The van der Waals surface area contributed by atoms with Crippen molar-refractivity contribution < 1.29 is 39.7 Å². The second kappa shape index (κ2) is 107. The van der Waals surface area contributed by atoms with E-state index in [9.17, 15) is 0 Å². The first-order valence-corrected chi connectivity index (χ1v) is 4.00. The van der Waals surface area contributed by atoms with Crippen LogP contribution in [0, 0.1) is 26.6 Å². The van der Waals surface area contributed by atoms with E-state index in [4.69, 9.17) is 18.6 Å². The summed E-state index contributed by atoms with van der Waals surface area (Å²) in [4.78, 5) is 0. The summed E-state index contributed by atoms with van der Waals surface area (Å²) in [5, 5.41) is 8.23. The molecule has 17 heavy (non-hydrogen) atoms. The number of likely N-dealkylation sites (N-methyl/N-ethyl adjacent to an activating group) is 2. The monoisotopic (exact) mass is 410 g/mol. The first-order valence-electron chi connectivity index (χ1n) is 4.00. The fraction of sp³-hybridized carbons (Fsp3) is 0.600. The molecular formula is C10H14N2O4W. The first-order chi connectivity index (χ1) is 7.91. The Morgan fingerprint density at radius 3 is 0.941 bits per heavy atom. The van der Waals surface area contributed by atoms with Crippen LogP contribution in [0.25, 0.3) is 10.6 Å². The van der Waals surface area contributed by atoms with Crippen LogP contribution >= 0.6 is 0 Å². The molecule has 0 saturated carbocycles. The van der Waals surface area contributed by atoms with Crippen LogP contribution in [-0.2, 0) is 39.7 Å². The molecule has 0 bridgehead atoms. The van der Waals surface area contributed by atoms with Gasteiger partial charge in [0.2, 0.25) is 0 Å². The largest absolute Gasteiger partial charge is 2.00 e. The van der Waals surface area contributed by atoms with E-state index >= 15 is 0 Å². The van der Waals surface area contributed by atoms with Gasteiger partial charge in [0.1, 0.15) is 0 Å². The summed E-state index contributed by atoms with van der Waals surface area (Å²) in [7, 11) is 0. The summed E-state index contributed by atoms with van der Waals surface area (Å²) in [6, 6.07) is 0. The van der Waals surface area contributed by atoms with Gasteiger partial charge in [0, 0.05) is 0 Å². The van der Waals surface area contributed by atoms with Crippen molar-refractivity contribution in [3.05, 3.63) is 37.2 Å². The Labute approximate surface area is 117 Å². The Morgan fingerprint density at radius 2 is 0.824 bits per heavy atom. The van der Waals surface area contributed by atoms with Gasteiger partial charge in [-0.1, -0.05) is 13.8 Å². The molecule has 0 aliphatic rings. The molecule has 6 nitrogen and oxygen atoms in total. The van der Waals surface area contributed by atoms with Gasteiger partial charge in [0.25, 0.3) is 0 Å². The molecule has 94 valence electrons. The second-order valence-electron chi connectivity index (χ2n) is 1.53. The normalized spacial score (nSPS) is 5.06. The third-order valence-corrected chi connectivity index (χ3v) is 0.863. The van der Waals surface area contributed by atoms with E-state index in [1.807, 2.05) is 13.8 Å². The molecule has 0 aromatic carbocycles. The maximum absolute atomic E-state index is 7.50. The third kappa shape index (κ3) is 137. The molecule has 0 aromatic rings. The van der Waals surface area contributed by atoms with Gasteiger partial charge >= 0.3 is 66.3 Å². The summed E-state index contributed by atoms with van der Waals surface area (Å²) in [5.41, 5.74) is 0. The molecule has 0 fully saturated rings. The van der Waals surface area contributed by atoms with Crippen LogP contribution in [0.4, 0.5) is 0 Å². The molecule has 0 aliphatic heterocycles. The maximum atomic E-state index is 7.50. The predicted molar refractivity (Wildman–Crippen MR) is 53.3 cm³/mol. The van der Waals surface area contributed by atoms with Crippen molar-refractivity contribution in [1.29, 1.82) is 0 Å². The van der Waals surface area contributed by atoms with Crippen molar-refractivity contribution in [3.8, 4) is 0 Å². The van der Waals surface area contributed by atoms with E-state index in [2.05, 4.69) is 37.2 Å². The molecule has 0 spiro atoms. The average molecular weight is 410 g/mol. The average Bonchev–Trinajstić information content (AvgIpc) is 2.44. The van der Waals surface area contributed by atoms with Crippen LogP contribution in [0.2, 0.25) is 0 Å². The molecule has 0 atom stereocenters. The molecular weight excluding hydrogens is 396 g/mol. The van der Waals surface area contributed by atoms with E-state index in [-0.39, 0.29) is 21.1 Å². The van der Waals surface area contributed by atoms with Gasteiger partial charge in [-0.15, -0.1) is 0 Å². The van der Waals surface area contributed by atoms with E-state index < -0.39 is 0 Å². The second-order valence-corrected chi connectivity index (χ2v) is 1.53. The number of rotatable bonds is 5. The van der Waals surface area contributed by atoms with Crippen LogP contribution in [0.15, 0.2) is 0 Å². The molecule has 0 rings (SSSR count). The number of hydrogen-bond acceptors (Lipinski definition) is 0. The van der Waals surface area contributed by atoms with Crippen molar-refractivity contribution in [2.24, 2.45) is 0 Å². The molecule has 0 saturated heterocycles. The Balaban J connectivity index is -0.0000000287. The van der Waals surface area contributed by atoms with E-state index in [1.54, 1.807) is 0 Å². The summed E-state index contributed by atoms with van der Waals surface area (Å²) < 4.78 is 30.0. The fourth-order valence-electron chi connectivity index (χ4n) is 0.458. The summed E-state index contributed by atoms with van der Waals surface area (Å²) in [6.07, 6.45) is 0. The van der Waals surface area contributed by atoms with Gasteiger partial charge in [0.05, 0.1) is 0 Å². The molecule has 0 unspecified atom stereocenters. The zero-order valence-electron chi connectivity index (χ0n) is 9.76. The van der Waals surface area contributed by atoms with Gasteiger partial charge in [-0.25, -0.2) is 0 Å². The van der Waals surface area contributed by atoms with Crippen molar-refractivity contribution in [2.45, 2.75) is 13.8 Å². The van der Waals surface area contributed by atoms with Gasteiger partial charge in [-0.05, 0) is 0 Å². The van der Waals surface area contributed by atoms with Crippen molar-refractivity contribution in [2.75, 3.05) is 26.2 Å². The van der Waals surface area contributed by atoms with Crippen LogP contribution in [0.5, 0.6) is 0 Å². The molecule has 0 radical (unpaired) electrons. The smallest absolute Gasteiger partial charge is 2.00 e. The Morgan fingerprint density at radius 1 is 0.647 bits per heavy atom. The minimum absolute atomic E-state index is 0. The minimum atomic E-state index is 0. The Bertz CT molecular complexity index is 127. The van der Waals surface area contributed by atoms with Gasteiger partial charge in [-0.3, -0.25) is 0 Å². The van der Waals surface area contributed by atoms with Crippen LogP contribution in [0.3, 0.4) is 0 Å². The molecule has 0 aliphatic carbocycles. The first kappa shape index (κ1) is 36.0. The Hall–Kier alpha value is -0.432. The van der Waals surface area contributed by atoms with Crippen molar-refractivity contribution >= 4 is 0 Å². The molecule has 0 amide bonds. The third-order valence-electron chi connectivity index (χ3n) is 0.863. The van der Waals surface area contributed by atoms with Gasteiger partial charge in [0.15, 0.2) is 0 Å². The summed E-state index contributed by atoms with van der Waals surface area (Å²) in [5.74, 6) is 0. The van der Waals surface area contributed by atoms with E-state index in [0.717, 1.165) is 26.2 Å². The molecule has 0 heterocycles. The van der Waals surface area contributed by atoms with E-state index in [1.165, 1.54) is 0 Å². The quantitative estimate of drug-likeness (QED) is 0.373. The van der Waals surface area contributed by atoms with Crippen LogP contribution < -0.4 is 0 Å². The fourth-order valence-corrected chi connectivity index (χ4v) is 0.458. The number of nitrogens with zero attached hydrogens (tertiary/aromatic N) is 2. The number of hydrogen-bond donors (Lipinski definition) is 0. The zero-order valence-corrected chi connectivity index (χ0v) is 12.7. The maximum Gasteiger partial charge on any atom is 2.00 e. The van der Waals surface area contributed by atoms with Crippen molar-refractivity contribution in [1.82, 2.24) is 0 Å². The van der Waals surface area contributed by atoms with Crippen LogP contribution in [0.1, 0.15) is 13.8 Å². The van der Waals surface area contributed by atoms with Gasteiger partial charge < -0.3 is 10.6 Å². The topological polar surface area (TPSA) is 108 Å². The van der Waals surface area contributed by atoms with Crippen LogP contribution in [-0.4, -0.2) is 26.2 Å². The molecule has 7 heteroatoms. The Kier molecular flexibility index (Phi) is 225. The molecule has 0 N–H and O–H groups in total. The predicted octanol–water partition coefficient (Wildman–Crippen LogP) is 1.62. The summed E-state index contributed by atoms with van der Waals surface area (Å²) >= 11 is 0. The van der Waals surface area contributed by atoms with Gasteiger partial charge in [-0.2, -0.15) is 26.2 Å². The summed E-state index contributed by atoms with van der Waals surface area (Å²) in [6.45, 7) is 25.8. The zero-order chi connectivity index (χ0) is 14.2. The standard InChI is InChI=1S/C6H14N2.4CO.W/c1-3-7-5-6-8-4-2;4*1-2;/h3-6H2,1-2H3;;;;;/q-2;;;;;+2. The van der Waals surface area contributed by atoms with Crippen molar-refractivity contribution in [3.63, 3.8) is 0 Å². The molecule has 0 aromatic heterocycles. The minimum Gasteiger partial charge on any atom is 2.00 e. The SMILES string of the molecule is CC[N-]CC[N-]CC.[C-]#[O+].[C-]#[O+].[C-]#[O+].[C-]#[O+].[W+2]. The van der Waals surface area contributed by atoms with E-state index in [0.29, 0.717) is 0 Å².